The molecule has 4 atom stereocenters. The summed E-state index contributed by atoms with van der Waals surface area (Å²) in [6, 6.07) is 24.2. The van der Waals surface area contributed by atoms with Crippen molar-refractivity contribution < 1.29 is 0 Å². The van der Waals surface area contributed by atoms with Crippen molar-refractivity contribution in [3.63, 3.8) is 0 Å². The second kappa shape index (κ2) is 10.1. The van der Waals surface area contributed by atoms with Crippen molar-refractivity contribution in [1.29, 1.82) is 0 Å². The van der Waals surface area contributed by atoms with Crippen LogP contribution in [0.2, 0.25) is 0 Å². The van der Waals surface area contributed by atoms with Crippen LogP contribution in [0.3, 0.4) is 0 Å². The number of fused-ring (bicyclic) bond motifs is 2. The zero-order chi connectivity index (χ0) is 36.2. The van der Waals surface area contributed by atoms with E-state index in [1.165, 1.54) is 121 Å². The Morgan fingerprint density at radius 1 is 0.404 bits per heavy atom. The van der Waals surface area contributed by atoms with Crippen LogP contribution < -0.4 is 0 Å². The molecule has 8 fully saturated rings. The van der Waals surface area contributed by atoms with Crippen LogP contribution in [0.25, 0.3) is 45.8 Å². The van der Waals surface area contributed by atoms with Crippen molar-refractivity contribution in [2.24, 2.45) is 32.5 Å². The van der Waals surface area contributed by atoms with Gasteiger partial charge in [-0.05, 0) is 200 Å². The van der Waals surface area contributed by atoms with Crippen molar-refractivity contribution in [3.05, 3.63) is 120 Å². The molecule has 8 bridgehead atoms. The van der Waals surface area contributed by atoms with Gasteiger partial charge in [-0.25, -0.2) is 0 Å². The van der Waals surface area contributed by atoms with Gasteiger partial charge in [0.2, 0.25) is 0 Å². The molecule has 0 nitrogen and oxygen atoms in total. The third-order valence-electron chi connectivity index (χ3n) is 16.5. The van der Waals surface area contributed by atoms with Crippen molar-refractivity contribution in [2.75, 3.05) is 0 Å². The SMILES string of the molecule is C=Cc1cc2cccc(C34CC5(C)CC(C)(C3)CC(C36CC7(C)CC(C)(CC(c8cccc9cc(C=C)c(C=C)cc89)(C7)C3)C6)(C5)C4)c2cc1C=C. The molecule has 8 aliphatic carbocycles. The predicted molar refractivity (Wildman–Crippen MR) is 224 cm³/mol. The van der Waals surface area contributed by atoms with Crippen LogP contribution in [0, 0.1) is 32.5 Å². The molecule has 4 aromatic carbocycles. The topological polar surface area (TPSA) is 0 Å². The molecule has 8 aliphatic rings. The first-order valence-electron chi connectivity index (χ1n) is 20.3. The van der Waals surface area contributed by atoms with Gasteiger partial charge >= 0.3 is 0 Å². The van der Waals surface area contributed by atoms with Gasteiger partial charge in [0.1, 0.15) is 0 Å². The summed E-state index contributed by atoms with van der Waals surface area (Å²) in [5.41, 5.74) is 10.6. The van der Waals surface area contributed by atoms with Crippen molar-refractivity contribution >= 4 is 45.8 Å². The molecule has 0 heteroatoms. The van der Waals surface area contributed by atoms with E-state index >= 15 is 0 Å². The molecule has 4 unspecified atom stereocenters. The summed E-state index contributed by atoms with van der Waals surface area (Å²) >= 11 is 0. The second-order valence-electron chi connectivity index (χ2n) is 21.3. The molecule has 0 heterocycles. The molecular formula is C52H58. The van der Waals surface area contributed by atoms with E-state index in [0.717, 1.165) is 0 Å². The van der Waals surface area contributed by atoms with Crippen LogP contribution in [0.15, 0.2) is 87.0 Å². The number of hydrogen-bond donors (Lipinski definition) is 0. The fraction of sp³-hybridized carbons (Fsp3) is 0.462. The molecular weight excluding hydrogens is 625 g/mol. The van der Waals surface area contributed by atoms with E-state index in [2.05, 4.69) is 115 Å². The molecule has 4 aromatic rings. The third-order valence-corrected chi connectivity index (χ3v) is 16.5. The van der Waals surface area contributed by atoms with Crippen LogP contribution in [-0.2, 0) is 10.8 Å². The van der Waals surface area contributed by atoms with Gasteiger partial charge in [-0.2, -0.15) is 0 Å². The minimum Gasteiger partial charge on any atom is -0.0984 e. The molecule has 0 aromatic heterocycles. The van der Waals surface area contributed by atoms with Gasteiger partial charge in [0.05, 0.1) is 0 Å². The Labute approximate surface area is 313 Å². The number of benzene rings is 4. The number of hydrogen-bond acceptors (Lipinski definition) is 0. The van der Waals surface area contributed by atoms with E-state index in [4.69, 9.17) is 0 Å². The highest BCUT2D eigenvalue weighted by Crippen LogP contribution is 2.85. The van der Waals surface area contributed by atoms with Crippen LogP contribution in [0.4, 0.5) is 0 Å². The lowest BCUT2D eigenvalue weighted by molar-refractivity contribution is -0.275. The lowest BCUT2D eigenvalue weighted by Gasteiger charge is -2.80. The molecule has 0 saturated heterocycles. The van der Waals surface area contributed by atoms with E-state index in [1.807, 2.05) is 24.3 Å². The van der Waals surface area contributed by atoms with Crippen LogP contribution in [-0.4, -0.2) is 0 Å². The lowest BCUT2D eigenvalue weighted by atomic mass is 9.24. The highest BCUT2D eigenvalue weighted by atomic mass is 14.8. The quantitative estimate of drug-likeness (QED) is 0.182. The number of rotatable bonds is 7. The average molecular weight is 683 g/mol. The van der Waals surface area contributed by atoms with Crippen LogP contribution in [0.5, 0.6) is 0 Å². The molecule has 0 spiro atoms. The highest BCUT2D eigenvalue weighted by Gasteiger charge is 2.76. The Bertz CT molecular complexity index is 2080. The molecule has 8 saturated carbocycles. The average Bonchev–Trinajstić information content (AvgIpc) is 3.06. The first kappa shape index (κ1) is 33.0. The maximum atomic E-state index is 4.23. The third kappa shape index (κ3) is 4.28. The Hall–Kier alpha value is -3.64. The molecule has 0 amide bonds. The van der Waals surface area contributed by atoms with E-state index in [9.17, 15) is 0 Å². The summed E-state index contributed by atoms with van der Waals surface area (Å²) < 4.78 is 0. The zero-order valence-electron chi connectivity index (χ0n) is 32.4. The van der Waals surface area contributed by atoms with Gasteiger partial charge in [-0.15, -0.1) is 0 Å². The predicted octanol–water partition coefficient (Wildman–Crippen LogP) is 14.5. The fourth-order valence-corrected chi connectivity index (χ4v) is 17.4. The first-order chi connectivity index (χ1) is 24.7. The van der Waals surface area contributed by atoms with Gasteiger partial charge in [0, 0.05) is 0 Å². The first-order valence-corrected chi connectivity index (χ1v) is 20.3. The monoisotopic (exact) mass is 682 g/mol. The second-order valence-corrected chi connectivity index (χ2v) is 21.3. The van der Waals surface area contributed by atoms with Gasteiger partial charge in [0.25, 0.3) is 0 Å². The Balaban J connectivity index is 1.18. The van der Waals surface area contributed by atoms with Crippen LogP contribution in [0.1, 0.15) is 138 Å². The lowest BCUT2D eigenvalue weighted by Crippen LogP contribution is -2.71. The molecule has 0 radical (unpaired) electrons. The van der Waals surface area contributed by atoms with Gasteiger partial charge in [-0.1, -0.05) is 115 Å². The normalized spacial score (nSPS) is 41.1. The van der Waals surface area contributed by atoms with E-state index in [1.54, 1.807) is 11.1 Å². The minimum atomic E-state index is 0.198. The van der Waals surface area contributed by atoms with Crippen LogP contribution >= 0.6 is 0 Å². The largest absolute Gasteiger partial charge is 0.0984 e. The molecule has 266 valence electrons. The molecule has 0 N–H and O–H groups in total. The van der Waals surface area contributed by atoms with E-state index < -0.39 is 0 Å². The van der Waals surface area contributed by atoms with E-state index in [-0.39, 0.29) is 10.8 Å². The van der Waals surface area contributed by atoms with Crippen molar-refractivity contribution in [3.8, 4) is 0 Å². The zero-order valence-corrected chi connectivity index (χ0v) is 32.4. The molecule has 0 aliphatic heterocycles. The molecule has 52 heavy (non-hydrogen) atoms. The Morgan fingerprint density at radius 2 is 0.731 bits per heavy atom. The van der Waals surface area contributed by atoms with Crippen molar-refractivity contribution in [2.45, 2.75) is 116 Å². The summed E-state index contributed by atoms with van der Waals surface area (Å²) in [7, 11) is 0. The molecule has 12 rings (SSSR count). The maximum absolute atomic E-state index is 4.23. The Morgan fingerprint density at radius 3 is 1.06 bits per heavy atom. The van der Waals surface area contributed by atoms with Gasteiger partial charge < -0.3 is 0 Å². The maximum Gasteiger partial charge on any atom is -0.00250 e. The summed E-state index contributed by atoms with van der Waals surface area (Å²) in [6.45, 7) is 27.7. The summed E-state index contributed by atoms with van der Waals surface area (Å²) in [5.74, 6) is 0. The Kier molecular flexibility index (Phi) is 6.41. The minimum absolute atomic E-state index is 0.198. The fourth-order valence-electron chi connectivity index (χ4n) is 17.4. The van der Waals surface area contributed by atoms with Crippen molar-refractivity contribution in [1.82, 2.24) is 0 Å². The summed E-state index contributed by atoms with van der Waals surface area (Å²) in [5, 5.41) is 5.64. The van der Waals surface area contributed by atoms with Gasteiger partial charge in [-0.3, -0.25) is 0 Å². The van der Waals surface area contributed by atoms with Gasteiger partial charge in [0.15, 0.2) is 0 Å². The standard InChI is InChI=1S/C52H58/c1-9-35-19-39-15-13-17-43(41(39)21-37(35)11-3)49-25-45(5)23-46(6,26-49)30-51(29-45,33-49)52-31-47(7)24-48(8,32-52)28-50(27-47,34-52)44-18-14-16-40-20-36(10-2)38(12-4)22-42(40)44/h9-22H,1-4,23-34H2,5-8H3. The van der Waals surface area contributed by atoms with E-state index in [0.29, 0.717) is 32.5 Å². The summed E-state index contributed by atoms with van der Waals surface area (Å²) in [6.07, 6.45) is 24.6. The summed E-state index contributed by atoms with van der Waals surface area (Å²) in [4.78, 5) is 0. The smallest absolute Gasteiger partial charge is 0.00250 e. The highest BCUT2D eigenvalue weighted by molar-refractivity contribution is 5.93.